The fourth-order valence-electron chi connectivity index (χ4n) is 2.50. The third-order valence-corrected chi connectivity index (χ3v) is 5.98. The zero-order chi connectivity index (χ0) is 21.7. The number of hydrogen-bond donors (Lipinski definition) is 3. The number of nitrogens with one attached hydrogen (secondary N) is 3. The van der Waals surface area contributed by atoms with Crippen molar-refractivity contribution in [2.45, 2.75) is 11.4 Å². The fourth-order valence-corrected chi connectivity index (χ4v) is 4.26. The van der Waals surface area contributed by atoms with Crippen LogP contribution in [-0.4, -0.2) is 13.5 Å². The van der Waals surface area contributed by atoms with Gasteiger partial charge in [0.15, 0.2) is 5.11 Å². The predicted octanol–water partition coefficient (Wildman–Crippen LogP) is 5.42. The minimum absolute atomic E-state index is 0.0642. The molecule has 0 atom stereocenters. The lowest BCUT2D eigenvalue weighted by Gasteiger charge is -2.12. The Hall–Kier alpha value is -2.39. The lowest BCUT2D eigenvalue weighted by molar-refractivity contribution is 0.601. The van der Waals surface area contributed by atoms with Crippen LogP contribution in [0.2, 0.25) is 10.0 Å². The normalized spacial score (nSPS) is 11.0. The average molecular weight is 484 g/mol. The van der Waals surface area contributed by atoms with E-state index >= 15 is 0 Å². The van der Waals surface area contributed by atoms with Gasteiger partial charge in [0.1, 0.15) is 5.82 Å². The van der Waals surface area contributed by atoms with E-state index in [9.17, 15) is 12.8 Å². The maximum atomic E-state index is 12.9. The minimum Gasteiger partial charge on any atom is -0.358 e. The van der Waals surface area contributed by atoms with E-state index in [4.69, 9.17) is 35.4 Å². The van der Waals surface area contributed by atoms with Gasteiger partial charge in [0.25, 0.3) is 10.0 Å². The first kappa shape index (κ1) is 22.3. The number of sulfonamides is 1. The quantitative estimate of drug-likeness (QED) is 0.408. The summed E-state index contributed by atoms with van der Waals surface area (Å²) in [6.45, 7) is 0.421. The van der Waals surface area contributed by atoms with Gasteiger partial charge in [-0.2, -0.15) is 0 Å². The molecule has 3 rings (SSSR count). The monoisotopic (exact) mass is 483 g/mol. The second kappa shape index (κ2) is 9.61. The van der Waals surface area contributed by atoms with Crippen LogP contribution < -0.4 is 15.4 Å². The molecule has 0 radical (unpaired) electrons. The first-order valence-corrected chi connectivity index (χ1v) is 11.2. The summed E-state index contributed by atoms with van der Waals surface area (Å²) in [6.07, 6.45) is 0. The number of hydrogen-bond acceptors (Lipinski definition) is 3. The Morgan fingerprint density at radius 1 is 0.900 bits per heavy atom. The number of rotatable bonds is 6. The zero-order valence-electron chi connectivity index (χ0n) is 15.3. The van der Waals surface area contributed by atoms with Crippen molar-refractivity contribution in [3.63, 3.8) is 0 Å². The summed E-state index contributed by atoms with van der Waals surface area (Å²) in [6, 6.07) is 16.6. The molecule has 5 nitrogen and oxygen atoms in total. The van der Waals surface area contributed by atoms with Gasteiger partial charge < -0.3 is 10.6 Å². The first-order chi connectivity index (χ1) is 14.2. The Bertz CT molecular complexity index is 1140. The summed E-state index contributed by atoms with van der Waals surface area (Å²) in [5.41, 5.74) is 1.74. The summed E-state index contributed by atoms with van der Waals surface area (Å²) in [5.74, 6) is -0.303. The van der Waals surface area contributed by atoms with Crippen LogP contribution in [0.4, 0.5) is 15.8 Å². The molecule has 0 saturated carbocycles. The van der Waals surface area contributed by atoms with Crippen LogP contribution in [0.3, 0.4) is 0 Å². The molecule has 3 N–H and O–H groups in total. The second-order valence-corrected chi connectivity index (χ2v) is 9.19. The Morgan fingerprint density at radius 2 is 1.50 bits per heavy atom. The van der Waals surface area contributed by atoms with E-state index in [0.29, 0.717) is 27.4 Å². The summed E-state index contributed by atoms with van der Waals surface area (Å²) in [7, 11) is -3.82. The van der Waals surface area contributed by atoms with Gasteiger partial charge in [-0.05, 0) is 72.4 Å². The van der Waals surface area contributed by atoms with Gasteiger partial charge in [0.05, 0.1) is 10.6 Å². The van der Waals surface area contributed by atoms with Crippen LogP contribution in [0.5, 0.6) is 0 Å². The maximum Gasteiger partial charge on any atom is 0.261 e. The summed E-state index contributed by atoms with van der Waals surface area (Å²) in [4.78, 5) is 0.0642. The van der Waals surface area contributed by atoms with E-state index in [0.717, 1.165) is 5.56 Å². The zero-order valence-corrected chi connectivity index (χ0v) is 18.5. The Kier molecular flexibility index (Phi) is 7.14. The molecular weight excluding hydrogens is 468 g/mol. The van der Waals surface area contributed by atoms with Gasteiger partial charge in [-0.15, -0.1) is 0 Å². The van der Waals surface area contributed by atoms with Crippen LogP contribution in [0, 0.1) is 5.82 Å². The molecule has 0 saturated heterocycles. The molecule has 0 fully saturated rings. The number of anilines is 2. The third kappa shape index (κ3) is 6.30. The Balaban J connectivity index is 1.60. The van der Waals surface area contributed by atoms with Crippen molar-refractivity contribution in [2.24, 2.45) is 0 Å². The van der Waals surface area contributed by atoms with E-state index < -0.39 is 10.0 Å². The molecule has 0 unspecified atom stereocenters. The molecule has 0 amide bonds. The third-order valence-electron chi connectivity index (χ3n) is 3.90. The molecule has 3 aromatic carbocycles. The van der Waals surface area contributed by atoms with Gasteiger partial charge >= 0.3 is 0 Å². The van der Waals surface area contributed by atoms with Gasteiger partial charge in [0.2, 0.25) is 0 Å². The molecule has 0 heterocycles. The van der Waals surface area contributed by atoms with Crippen molar-refractivity contribution in [1.82, 2.24) is 5.32 Å². The molecule has 0 aromatic heterocycles. The average Bonchev–Trinajstić information content (AvgIpc) is 2.67. The van der Waals surface area contributed by atoms with Gasteiger partial charge in [0, 0.05) is 22.3 Å². The number of thiocarbonyl (C=S) groups is 1. The molecule has 0 bridgehead atoms. The SMILES string of the molecule is O=S(=O)(Nc1cc(Cl)cc(Cl)c1)c1ccc(NC(=S)NCc2ccc(F)cc2)cc1. The molecular formula is C20H16Cl2FN3O2S2. The molecule has 156 valence electrons. The molecule has 10 heteroatoms. The largest absolute Gasteiger partial charge is 0.358 e. The fraction of sp³-hybridized carbons (Fsp3) is 0.0500. The van der Waals surface area contributed by atoms with E-state index in [1.54, 1.807) is 24.3 Å². The van der Waals surface area contributed by atoms with E-state index in [1.807, 2.05) is 0 Å². The van der Waals surface area contributed by atoms with Crippen LogP contribution in [-0.2, 0) is 16.6 Å². The minimum atomic E-state index is -3.82. The molecule has 3 aromatic rings. The predicted molar refractivity (Wildman–Crippen MR) is 123 cm³/mol. The van der Waals surface area contributed by atoms with Crippen molar-refractivity contribution >= 4 is 61.9 Å². The van der Waals surface area contributed by atoms with E-state index in [1.165, 1.54) is 42.5 Å². The standard InChI is InChI=1S/C20H16Cl2FN3O2S2/c21-14-9-15(22)11-18(10-14)26-30(27,28)19-7-5-17(6-8-19)25-20(29)24-12-13-1-3-16(23)4-2-13/h1-11,26H,12H2,(H2,24,25,29). The molecule has 0 aliphatic heterocycles. The van der Waals surface area contributed by atoms with Crippen LogP contribution in [0.1, 0.15) is 5.56 Å². The number of benzene rings is 3. The highest BCUT2D eigenvalue weighted by Gasteiger charge is 2.15. The summed E-state index contributed by atoms with van der Waals surface area (Å²) in [5, 5.41) is 6.95. The Labute approximate surface area is 189 Å². The summed E-state index contributed by atoms with van der Waals surface area (Å²) >= 11 is 17.0. The van der Waals surface area contributed by atoms with E-state index in [-0.39, 0.29) is 16.4 Å². The van der Waals surface area contributed by atoms with Crippen LogP contribution in [0.15, 0.2) is 71.6 Å². The summed E-state index contributed by atoms with van der Waals surface area (Å²) < 4.78 is 40.5. The lowest BCUT2D eigenvalue weighted by atomic mass is 10.2. The van der Waals surface area contributed by atoms with E-state index in [2.05, 4.69) is 15.4 Å². The van der Waals surface area contributed by atoms with Crippen molar-refractivity contribution in [1.29, 1.82) is 0 Å². The highest BCUT2D eigenvalue weighted by atomic mass is 35.5. The second-order valence-electron chi connectivity index (χ2n) is 6.22. The highest BCUT2D eigenvalue weighted by molar-refractivity contribution is 7.92. The first-order valence-electron chi connectivity index (χ1n) is 8.59. The maximum absolute atomic E-state index is 12.9. The van der Waals surface area contributed by atoms with Crippen molar-refractivity contribution < 1.29 is 12.8 Å². The van der Waals surface area contributed by atoms with Crippen molar-refractivity contribution in [2.75, 3.05) is 10.0 Å². The molecule has 0 aliphatic carbocycles. The van der Waals surface area contributed by atoms with Crippen LogP contribution >= 0.6 is 35.4 Å². The van der Waals surface area contributed by atoms with Crippen molar-refractivity contribution in [3.8, 4) is 0 Å². The lowest BCUT2D eigenvalue weighted by Crippen LogP contribution is -2.27. The molecule has 0 aliphatic rings. The van der Waals surface area contributed by atoms with Gasteiger partial charge in [-0.3, -0.25) is 4.72 Å². The van der Waals surface area contributed by atoms with Crippen LogP contribution in [0.25, 0.3) is 0 Å². The smallest absolute Gasteiger partial charge is 0.261 e. The topological polar surface area (TPSA) is 70.2 Å². The van der Waals surface area contributed by atoms with Gasteiger partial charge in [-0.25, -0.2) is 12.8 Å². The van der Waals surface area contributed by atoms with Crippen molar-refractivity contribution in [3.05, 3.63) is 88.2 Å². The number of halogens is 3. The highest BCUT2D eigenvalue weighted by Crippen LogP contribution is 2.25. The molecule has 30 heavy (non-hydrogen) atoms. The Morgan fingerprint density at radius 3 is 2.10 bits per heavy atom. The van der Waals surface area contributed by atoms with Gasteiger partial charge in [-0.1, -0.05) is 35.3 Å². The molecule has 0 spiro atoms.